The van der Waals surface area contributed by atoms with Crippen LogP contribution < -0.4 is 10.2 Å². The third kappa shape index (κ3) is 6.87. The van der Waals surface area contributed by atoms with Crippen molar-refractivity contribution >= 4 is 17.5 Å². The Bertz CT molecular complexity index is 700. The predicted octanol–water partition coefficient (Wildman–Crippen LogP) is 2.08. The first-order valence-corrected chi connectivity index (χ1v) is 9.66. The summed E-state index contributed by atoms with van der Waals surface area (Å²) < 4.78 is 0. The Kier molecular flexibility index (Phi) is 8.52. The van der Waals surface area contributed by atoms with Crippen LogP contribution in [0.25, 0.3) is 0 Å². The molecule has 2 rings (SSSR count). The maximum atomic E-state index is 12.9. The number of quaternary nitrogens is 1. The maximum Gasteiger partial charge on any atom is 0.254 e. The number of hydrogen-bond acceptors (Lipinski definition) is 2. The predicted molar refractivity (Wildman–Crippen MR) is 109 cm³/mol. The van der Waals surface area contributed by atoms with E-state index in [0.29, 0.717) is 12.1 Å². The van der Waals surface area contributed by atoms with Gasteiger partial charge >= 0.3 is 0 Å². The van der Waals surface area contributed by atoms with E-state index in [-0.39, 0.29) is 18.4 Å². The zero-order chi connectivity index (χ0) is 19.5. The summed E-state index contributed by atoms with van der Waals surface area (Å²) in [6.07, 6.45) is 0.869. The van der Waals surface area contributed by atoms with Crippen LogP contribution >= 0.6 is 0 Å². The monoisotopic (exact) mass is 368 g/mol. The van der Waals surface area contributed by atoms with Gasteiger partial charge in [-0.3, -0.25) is 9.59 Å². The third-order valence-corrected chi connectivity index (χ3v) is 4.66. The van der Waals surface area contributed by atoms with Crippen molar-refractivity contribution in [2.24, 2.45) is 0 Å². The summed E-state index contributed by atoms with van der Waals surface area (Å²) in [5.74, 6) is -0.283. The van der Waals surface area contributed by atoms with Gasteiger partial charge in [0.15, 0.2) is 0 Å². The molecule has 2 aromatic carbocycles. The third-order valence-electron chi connectivity index (χ3n) is 4.66. The second-order valence-electron chi connectivity index (χ2n) is 6.57. The van der Waals surface area contributed by atoms with Crippen molar-refractivity contribution in [2.45, 2.75) is 20.3 Å². The van der Waals surface area contributed by atoms with Gasteiger partial charge in [-0.1, -0.05) is 36.4 Å². The van der Waals surface area contributed by atoms with Crippen LogP contribution in [0.5, 0.6) is 0 Å². The normalized spacial score (nSPS) is 10.6. The zero-order valence-corrected chi connectivity index (χ0v) is 16.3. The van der Waals surface area contributed by atoms with E-state index in [1.54, 1.807) is 17.0 Å². The molecule has 0 fully saturated rings. The number of nitrogens with one attached hydrogen (secondary N) is 2. The smallest absolute Gasteiger partial charge is 0.254 e. The fourth-order valence-corrected chi connectivity index (χ4v) is 3.03. The van der Waals surface area contributed by atoms with Crippen molar-refractivity contribution in [1.82, 2.24) is 4.90 Å². The van der Waals surface area contributed by atoms with Gasteiger partial charge in [-0.15, -0.1) is 0 Å². The second kappa shape index (κ2) is 11.1. The number of para-hydroxylation sites is 1. The highest BCUT2D eigenvalue weighted by Gasteiger charge is 2.19. The van der Waals surface area contributed by atoms with Crippen molar-refractivity contribution in [2.75, 3.05) is 38.0 Å². The minimum Gasteiger partial charge on any atom is -0.335 e. The van der Waals surface area contributed by atoms with Crippen molar-refractivity contribution in [3.63, 3.8) is 0 Å². The van der Waals surface area contributed by atoms with Gasteiger partial charge in [0.1, 0.15) is 6.54 Å². The fourth-order valence-electron chi connectivity index (χ4n) is 3.03. The van der Waals surface area contributed by atoms with E-state index in [4.69, 9.17) is 0 Å². The van der Waals surface area contributed by atoms with E-state index in [2.05, 4.69) is 19.2 Å². The molecule has 5 nitrogen and oxygen atoms in total. The van der Waals surface area contributed by atoms with Gasteiger partial charge in [-0.25, -0.2) is 0 Å². The summed E-state index contributed by atoms with van der Waals surface area (Å²) in [5.41, 5.74) is 1.35. The first-order valence-electron chi connectivity index (χ1n) is 9.66. The van der Waals surface area contributed by atoms with Crippen LogP contribution in [0.1, 0.15) is 30.6 Å². The van der Waals surface area contributed by atoms with Crippen LogP contribution in [0.15, 0.2) is 60.7 Å². The lowest BCUT2D eigenvalue weighted by molar-refractivity contribution is -0.896. The highest BCUT2D eigenvalue weighted by Crippen LogP contribution is 2.08. The quantitative estimate of drug-likeness (QED) is 0.675. The van der Waals surface area contributed by atoms with Crippen molar-refractivity contribution in [3.8, 4) is 0 Å². The highest BCUT2D eigenvalue weighted by molar-refractivity contribution is 5.99. The number of carbonyl (C=O) groups is 2. The Balaban J connectivity index is 2.01. The molecule has 5 heteroatoms. The van der Waals surface area contributed by atoms with Crippen LogP contribution in [-0.2, 0) is 4.79 Å². The molecule has 0 aliphatic heterocycles. The molecule has 2 N–H and O–H groups in total. The summed E-state index contributed by atoms with van der Waals surface area (Å²) in [5, 5.41) is 2.86. The van der Waals surface area contributed by atoms with Gasteiger partial charge in [0.2, 0.25) is 5.91 Å². The van der Waals surface area contributed by atoms with Crippen LogP contribution in [0.4, 0.5) is 5.69 Å². The summed E-state index contributed by atoms with van der Waals surface area (Å²) in [6, 6.07) is 18.5. The maximum absolute atomic E-state index is 12.9. The summed E-state index contributed by atoms with van der Waals surface area (Å²) in [4.78, 5) is 28.5. The molecule has 0 radical (unpaired) electrons. The number of nitrogens with zero attached hydrogens (tertiary/aromatic N) is 1. The molecule has 144 valence electrons. The Hall–Kier alpha value is -2.66. The minimum absolute atomic E-state index is 0.0518. The molecule has 27 heavy (non-hydrogen) atoms. The molecule has 0 heterocycles. The van der Waals surface area contributed by atoms with E-state index < -0.39 is 0 Å². The van der Waals surface area contributed by atoms with Crippen LogP contribution in [0, 0.1) is 0 Å². The average molecular weight is 369 g/mol. The largest absolute Gasteiger partial charge is 0.335 e. The first kappa shape index (κ1) is 20.6. The average Bonchev–Trinajstić information content (AvgIpc) is 2.71. The Morgan fingerprint density at radius 2 is 1.52 bits per heavy atom. The van der Waals surface area contributed by atoms with Gasteiger partial charge < -0.3 is 15.1 Å². The van der Waals surface area contributed by atoms with Crippen molar-refractivity contribution in [3.05, 3.63) is 66.2 Å². The topological polar surface area (TPSA) is 53.9 Å². The SMILES string of the molecule is CC[NH+](CC)CCCN(CC(=O)Nc1ccccc1)C(=O)c1ccccc1. The van der Waals surface area contributed by atoms with Gasteiger partial charge in [0.25, 0.3) is 5.91 Å². The molecular weight excluding hydrogens is 338 g/mol. The molecule has 0 aliphatic rings. The molecule has 0 unspecified atom stereocenters. The molecular formula is C22H30N3O2+. The fraction of sp³-hybridized carbons (Fsp3) is 0.364. The van der Waals surface area contributed by atoms with E-state index in [1.807, 2.05) is 48.5 Å². The number of amides is 2. The molecule has 2 amide bonds. The van der Waals surface area contributed by atoms with Crippen LogP contribution in [-0.4, -0.2) is 49.4 Å². The summed E-state index contributed by atoms with van der Waals surface area (Å²) in [7, 11) is 0. The lowest BCUT2D eigenvalue weighted by Gasteiger charge is -2.23. The van der Waals surface area contributed by atoms with Crippen molar-refractivity contribution < 1.29 is 14.5 Å². The lowest BCUT2D eigenvalue weighted by atomic mass is 10.2. The molecule has 0 saturated carbocycles. The number of anilines is 1. The number of carbonyl (C=O) groups excluding carboxylic acids is 2. The Labute approximate surface area is 162 Å². The van der Waals surface area contributed by atoms with E-state index in [0.717, 1.165) is 31.7 Å². The second-order valence-corrected chi connectivity index (χ2v) is 6.57. The molecule has 0 saturated heterocycles. The summed E-state index contributed by atoms with van der Waals surface area (Å²) in [6.45, 7) is 8.08. The zero-order valence-electron chi connectivity index (χ0n) is 16.3. The Morgan fingerprint density at radius 3 is 2.11 bits per heavy atom. The lowest BCUT2D eigenvalue weighted by Crippen LogP contribution is -3.11. The molecule has 0 aliphatic carbocycles. The first-order chi connectivity index (χ1) is 13.1. The molecule has 0 bridgehead atoms. The number of benzene rings is 2. The van der Waals surface area contributed by atoms with Crippen molar-refractivity contribution in [1.29, 1.82) is 0 Å². The van der Waals surface area contributed by atoms with E-state index in [1.165, 1.54) is 4.90 Å². The molecule has 0 aromatic heterocycles. The van der Waals surface area contributed by atoms with Gasteiger partial charge in [-0.05, 0) is 38.1 Å². The molecule has 0 spiro atoms. The molecule has 2 aromatic rings. The van der Waals surface area contributed by atoms with E-state index in [9.17, 15) is 9.59 Å². The highest BCUT2D eigenvalue weighted by atomic mass is 16.2. The number of hydrogen-bond donors (Lipinski definition) is 2. The minimum atomic E-state index is -0.180. The van der Waals surface area contributed by atoms with Crippen LogP contribution in [0.2, 0.25) is 0 Å². The standard InChI is InChI=1S/C22H29N3O2/c1-3-24(4-2)16-11-17-25(22(27)19-12-7-5-8-13-19)18-21(26)23-20-14-9-6-10-15-20/h5-10,12-15H,3-4,11,16-18H2,1-2H3,(H,23,26)/p+1. The van der Waals surface area contributed by atoms with Gasteiger partial charge in [0, 0.05) is 24.2 Å². The Morgan fingerprint density at radius 1 is 0.926 bits per heavy atom. The van der Waals surface area contributed by atoms with E-state index >= 15 is 0 Å². The van der Waals surface area contributed by atoms with Crippen LogP contribution in [0.3, 0.4) is 0 Å². The van der Waals surface area contributed by atoms with Gasteiger partial charge in [0.05, 0.1) is 19.6 Å². The number of rotatable bonds is 10. The molecule has 0 atom stereocenters. The summed E-state index contributed by atoms with van der Waals surface area (Å²) >= 11 is 0. The van der Waals surface area contributed by atoms with Gasteiger partial charge in [-0.2, -0.15) is 0 Å².